The summed E-state index contributed by atoms with van der Waals surface area (Å²) in [6.07, 6.45) is -0.651. The first-order valence-corrected chi connectivity index (χ1v) is 7.56. The Hall–Kier alpha value is -2.34. The fraction of sp³-hybridized carbons (Fsp3) is 0.412. The summed E-state index contributed by atoms with van der Waals surface area (Å²) in [4.78, 5) is 11.0. The number of hydrogen-bond acceptors (Lipinski definition) is 4. The highest BCUT2D eigenvalue weighted by Gasteiger charge is 2.12. The lowest BCUT2D eigenvalue weighted by atomic mass is 10.2. The van der Waals surface area contributed by atoms with E-state index in [1.807, 2.05) is 20.8 Å². The second kappa shape index (κ2) is 7.28. The molecule has 0 aliphatic rings. The molecule has 0 spiro atoms. The van der Waals surface area contributed by atoms with Gasteiger partial charge >= 0.3 is 0 Å². The Morgan fingerprint density at radius 2 is 1.96 bits per heavy atom. The average molecular weight is 317 g/mol. The van der Waals surface area contributed by atoms with Crippen molar-refractivity contribution in [2.24, 2.45) is 0 Å². The zero-order valence-electron chi connectivity index (χ0n) is 14.0. The quantitative estimate of drug-likeness (QED) is 0.856. The van der Waals surface area contributed by atoms with E-state index in [1.54, 1.807) is 28.9 Å². The Morgan fingerprint density at radius 1 is 1.30 bits per heavy atom. The van der Waals surface area contributed by atoms with Gasteiger partial charge in [0.2, 0.25) is 5.91 Å². The number of aliphatic hydroxyl groups is 1. The van der Waals surface area contributed by atoms with E-state index in [4.69, 9.17) is 4.74 Å². The summed E-state index contributed by atoms with van der Waals surface area (Å²) in [5.74, 6) is 0.525. The molecule has 0 unspecified atom stereocenters. The molecule has 2 aromatic rings. The Kier molecular flexibility index (Phi) is 5.39. The van der Waals surface area contributed by atoms with Gasteiger partial charge < -0.3 is 15.2 Å². The lowest BCUT2D eigenvalue weighted by Crippen LogP contribution is -2.24. The first-order valence-electron chi connectivity index (χ1n) is 7.56. The van der Waals surface area contributed by atoms with Crippen LogP contribution in [0.1, 0.15) is 23.9 Å². The van der Waals surface area contributed by atoms with Crippen molar-refractivity contribution in [2.45, 2.75) is 40.3 Å². The van der Waals surface area contributed by atoms with Crippen LogP contribution in [0, 0.1) is 20.8 Å². The Bertz CT molecular complexity index is 677. The van der Waals surface area contributed by atoms with E-state index in [1.165, 1.54) is 6.92 Å². The summed E-state index contributed by atoms with van der Waals surface area (Å²) >= 11 is 0. The van der Waals surface area contributed by atoms with Crippen molar-refractivity contribution < 1.29 is 14.6 Å². The second-order valence-corrected chi connectivity index (χ2v) is 5.65. The van der Waals surface area contributed by atoms with Crippen LogP contribution in [0.5, 0.6) is 5.75 Å². The monoisotopic (exact) mass is 317 g/mol. The normalized spacial score (nSPS) is 12.0. The van der Waals surface area contributed by atoms with E-state index in [-0.39, 0.29) is 12.5 Å². The Labute approximate surface area is 136 Å². The highest BCUT2D eigenvalue weighted by atomic mass is 16.5. The highest BCUT2D eigenvalue weighted by molar-refractivity contribution is 5.88. The number of aryl methyl sites for hydroxylation is 1. The summed E-state index contributed by atoms with van der Waals surface area (Å²) in [6.45, 7) is 8.00. The molecule has 0 aliphatic heterocycles. The van der Waals surface area contributed by atoms with Crippen LogP contribution in [0.4, 0.5) is 5.69 Å². The molecule has 1 heterocycles. The molecule has 2 rings (SSSR count). The minimum absolute atomic E-state index is 0.116. The summed E-state index contributed by atoms with van der Waals surface area (Å²) in [6, 6.07) is 7.03. The molecule has 6 heteroatoms. The van der Waals surface area contributed by atoms with Crippen LogP contribution in [0.2, 0.25) is 0 Å². The van der Waals surface area contributed by atoms with Gasteiger partial charge in [0, 0.05) is 18.3 Å². The van der Waals surface area contributed by atoms with Crippen LogP contribution in [-0.4, -0.2) is 33.5 Å². The molecule has 23 heavy (non-hydrogen) atoms. The standard InChI is InChI=1S/C17H23N3O3/c1-11-12(2)19-20(13(11)3)9-16(22)10-23-17-7-5-15(6-8-17)18-14(4)21/h5-8,16,22H,9-10H2,1-4H3,(H,18,21)/t16-/m0/s1. The minimum Gasteiger partial charge on any atom is -0.491 e. The molecule has 0 saturated carbocycles. The van der Waals surface area contributed by atoms with Gasteiger partial charge in [-0.1, -0.05) is 0 Å². The van der Waals surface area contributed by atoms with Crippen LogP contribution in [-0.2, 0) is 11.3 Å². The maximum atomic E-state index is 11.0. The minimum atomic E-state index is -0.651. The van der Waals surface area contributed by atoms with E-state index >= 15 is 0 Å². The van der Waals surface area contributed by atoms with Gasteiger partial charge in [0.05, 0.1) is 12.2 Å². The highest BCUT2D eigenvalue weighted by Crippen LogP contribution is 2.16. The predicted molar refractivity (Wildman–Crippen MR) is 88.7 cm³/mol. The number of amides is 1. The predicted octanol–water partition coefficient (Wildman–Crippen LogP) is 2.21. The molecule has 124 valence electrons. The van der Waals surface area contributed by atoms with Crippen LogP contribution in [0.15, 0.2) is 24.3 Å². The molecule has 1 amide bonds. The van der Waals surface area contributed by atoms with E-state index in [0.29, 0.717) is 18.0 Å². The maximum absolute atomic E-state index is 11.0. The van der Waals surface area contributed by atoms with Gasteiger partial charge in [-0.25, -0.2) is 0 Å². The van der Waals surface area contributed by atoms with Crippen LogP contribution in [0.25, 0.3) is 0 Å². The molecule has 1 atom stereocenters. The van der Waals surface area contributed by atoms with Crippen LogP contribution in [0.3, 0.4) is 0 Å². The number of anilines is 1. The Morgan fingerprint density at radius 3 is 2.48 bits per heavy atom. The number of aliphatic hydroxyl groups excluding tert-OH is 1. The summed E-state index contributed by atoms with van der Waals surface area (Å²) in [5.41, 5.74) is 3.89. The molecular formula is C17H23N3O3. The topological polar surface area (TPSA) is 76.4 Å². The number of carbonyl (C=O) groups excluding carboxylic acids is 1. The van der Waals surface area contributed by atoms with Crippen molar-refractivity contribution in [1.82, 2.24) is 9.78 Å². The van der Waals surface area contributed by atoms with Crippen LogP contribution >= 0.6 is 0 Å². The number of nitrogens with one attached hydrogen (secondary N) is 1. The van der Waals surface area contributed by atoms with Gasteiger partial charge in [-0.15, -0.1) is 0 Å². The molecular weight excluding hydrogens is 294 g/mol. The van der Waals surface area contributed by atoms with Gasteiger partial charge in [-0.05, 0) is 50.6 Å². The lowest BCUT2D eigenvalue weighted by Gasteiger charge is -2.14. The Balaban J connectivity index is 1.87. The molecule has 0 fully saturated rings. The summed E-state index contributed by atoms with van der Waals surface area (Å²) in [7, 11) is 0. The second-order valence-electron chi connectivity index (χ2n) is 5.65. The van der Waals surface area contributed by atoms with Gasteiger partial charge in [0.1, 0.15) is 18.5 Å². The third-order valence-corrected chi connectivity index (χ3v) is 3.74. The third kappa shape index (κ3) is 4.56. The lowest BCUT2D eigenvalue weighted by molar-refractivity contribution is -0.114. The SMILES string of the molecule is CC(=O)Nc1ccc(OC[C@@H](O)Cn2nc(C)c(C)c2C)cc1. The van der Waals surface area contributed by atoms with Gasteiger partial charge in [0.25, 0.3) is 0 Å². The average Bonchev–Trinajstić information content (AvgIpc) is 2.73. The molecule has 0 aliphatic carbocycles. The molecule has 0 bridgehead atoms. The van der Waals surface area contributed by atoms with Crippen molar-refractivity contribution in [3.8, 4) is 5.75 Å². The van der Waals surface area contributed by atoms with E-state index in [0.717, 1.165) is 17.0 Å². The summed E-state index contributed by atoms with van der Waals surface area (Å²) < 4.78 is 7.38. The largest absolute Gasteiger partial charge is 0.491 e. The van der Waals surface area contributed by atoms with Crippen molar-refractivity contribution in [3.05, 3.63) is 41.2 Å². The van der Waals surface area contributed by atoms with Gasteiger partial charge in [0.15, 0.2) is 0 Å². The van der Waals surface area contributed by atoms with Crippen molar-refractivity contribution in [1.29, 1.82) is 0 Å². The number of benzene rings is 1. The smallest absolute Gasteiger partial charge is 0.221 e. The number of rotatable bonds is 6. The van der Waals surface area contributed by atoms with E-state index in [9.17, 15) is 9.90 Å². The maximum Gasteiger partial charge on any atom is 0.221 e. The molecule has 6 nitrogen and oxygen atoms in total. The fourth-order valence-electron chi connectivity index (χ4n) is 2.25. The van der Waals surface area contributed by atoms with Crippen molar-refractivity contribution in [2.75, 3.05) is 11.9 Å². The van der Waals surface area contributed by atoms with Gasteiger partial charge in [-0.3, -0.25) is 9.48 Å². The molecule has 0 saturated heterocycles. The van der Waals surface area contributed by atoms with Crippen molar-refractivity contribution in [3.63, 3.8) is 0 Å². The molecule has 1 aromatic carbocycles. The number of hydrogen-bond donors (Lipinski definition) is 2. The van der Waals surface area contributed by atoms with Crippen molar-refractivity contribution >= 4 is 11.6 Å². The molecule has 2 N–H and O–H groups in total. The zero-order chi connectivity index (χ0) is 17.0. The van der Waals surface area contributed by atoms with Crippen LogP contribution < -0.4 is 10.1 Å². The molecule has 1 aromatic heterocycles. The molecule has 0 radical (unpaired) electrons. The fourth-order valence-corrected chi connectivity index (χ4v) is 2.25. The summed E-state index contributed by atoms with van der Waals surface area (Å²) in [5, 5.41) is 17.2. The number of carbonyl (C=O) groups is 1. The zero-order valence-corrected chi connectivity index (χ0v) is 14.0. The number of aromatic nitrogens is 2. The first-order chi connectivity index (χ1) is 10.9. The van der Waals surface area contributed by atoms with E-state index < -0.39 is 6.10 Å². The third-order valence-electron chi connectivity index (χ3n) is 3.74. The van der Waals surface area contributed by atoms with Gasteiger partial charge in [-0.2, -0.15) is 5.10 Å². The van der Waals surface area contributed by atoms with E-state index in [2.05, 4.69) is 10.4 Å². The number of nitrogens with zero attached hydrogens (tertiary/aromatic N) is 2. The number of ether oxygens (including phenoxy) is 1. The first kappa shape index (κ1) is 17.0.